The van der Waals surface area contributed by atoms with E-state index in [2.05, 4.69) is 10.3 Å². The number of fused-ring (bicyclic) bond motifs is 1. The Hall–Kier alpha value is -5.50. The van der Waals surface area contributed by atoms with Gasteiger partial charge in [-0.1, -0.05) is 48.5 Å². The third kappa shape index (κ3) is 4.67. The molecular formula is C31H25N7O. The number of nitrogens with zero attached hydrogens (tertiary/aromatic N) is 4. The fourth-order valence-electron chi connectivity index (χ4n) is 4.54. The molecule has 3 aromatic heterocycles. The molecule has 3 heterocycles. The second-order valence-electron chi connectivity index (χ2n) is 9.08. The van der Waals surface area contributed by atoms with Crippen LogP contribution >= 0.6 is 0 Å². The smallest absolute Gasteiger partial charge is 0.251 e. The lowest BCUT2D eigenvalue weighted by atomic mass is 10.1. The normalized spacial score (nSPS) is 11.0. The molecule has 0 saturated carbocycles. The first-order valence-corrected chi connectivity index (χ1v) is 12.5. The van der Waals surface area contributed by atoms with E-state index < -0.39 is 0 Å². The number of pyridine rings is 2. The van der Waals surface area contributed by atoms with E-state index in [-0.39, 0.29) is 5.91 Å². The van der Waals surface area contributed by atoms with Gasteiger partial charge in [0.1, 0.15) is 11.3 Å². The number of amides is 1. The minimum absolute atomic E-state index is 0.117. The van der Waals surface area contributed by atoms with Crippen molar-refractivity contribution in [3.63, 3.8) is 0 Å². The van der Waals surface area contributed by atoms with Gasteiger partial charge >= 0.3 is 0 Å². The Bertz CT molecular complexity index is 1790. The number of carbonyl (C=O) groups excluding carboxylic acids is 1. The van der Waals surface area contributed by atoms with Crippen LogP contribution in [0.3, 0.4) is 0 Å². The number of nitrogens with two attached hydrogens (primary N) is 2. The summed E-state index contributed by atoms with van der Waals surface area (Å²) in [6.45, 7) is 0.404. The summed E-state index contributed by atoms with van der Waals surface area (Å²) in [5.74, 6) is 0.891. The molecule has 6 aromatic rings. The molecule has 8 nitrogen and oxygen atoms in total. The summed E-state index contributed by atoms with van der Waals surface area (Å²) in [4.78, 5) is 26.4. The third-order valence-corrected chi connectivity index (χ3v) is 6.53. The fourth-order valence-corrected chi connectivity index (χ4v) is 4.54. The molecule has 0 aliphatic rings. The number of hydrogen-bond donors (Lipinski definition) is 3. The average molecular weight is 512 g/mol. The van der Waals surface area contributed by atoms with Crippen molar-refractivity contribution in [2.75, 3.05) is 11.5 Å². The van der Waals surface area contributed by atoms with Crippen molar-refractivity contribution in [1.82, 2.24) is 24.8 Å². The van der Waals surface area contributed by atoms with Crippen molar-refractivity contribution in [1.29, 1.82) is 0 Å². The van der Waals surface area contributed by atoms with Crippen LogP contribution in [-0.4, -0.2) is 25.4 Å². The number of para-hydroxylation sites is 1. The Balaban J connectivity index is 1.38. The van der Waals surface area contributed by atoms with Gasteiger partial charge < -0.3 is 16.8 Å². The molecule has 0 radical (unpaired) electrons. The summed E-state index contributed by atoms with van der Waals surface area (Å²) in [7, 11) is 0. The molecule has 0 saturated heterocycles. The molecule has 0 aliphatic carbocycles. The number of rotatable bonds is 6. The van der Waals surface area contributed by atoms with Gasteiger partial charge in [0.25, 0.3) is 5.91 Å². The van der Waals surface area contributed by atoms with Gasteiger partial charge in [-0.2, -0.15) is 0 Å². The maximum Gasteiger partial charge on any atom is 0.251 e. The first-order valence-electron chi connectivity index (χ1n) is 12.5. The van der Waals surface area contributed by atoms with Gasteiger partial charge in [-0.15, -0.1) is 0 Å². The van der Waals surface area contributed by atoms with E-state index in [9.17, 15) is 4.79 Å². The number of hydrogen-bond acceptors (Lipinski definition) is 6. The minimum Gasteiger partial charge on any atom is -0.398 e. The van der Waals surface area contributed by atoms with E-state index in [1.165, 1.54) is 0 Å². The first-order chi connectivity index (χ1) is 19.1. The van der Waals surface area contributed by atoms with Crippen LogP contribution in [0, 0.1) is 0 Å². The number of imidazole rings is 1. The Labute approximate surface area is 225 Å². The molecule has 3 aromatic carbocycles. The van der Waals surface area contributed by atoms with E-state index in [1.54, 1.807) is 24.5 Å². The number of carbonyl (C=O) groups is 1. The van der Waals surface area contributed by atoms with E-state index in [0.29, 0.717) is 46.2 Å². The average Bonchev–Trinajstić information content (AvgIpc) is 3.35. The van der Waals surface area contributed by atoms with Crippen LogP contribution in [0.15, 0.2) is 109 Å². The summed E-state index contributed by atoms with van der Waals surface area (Å²) in [6, 6.07) is 30.4. The maximum atomic E-state index is 12.4. The van der Waals surface area contributed by atoms with Gasteiger partial charge in [-0.3, -0.25) is 9.36 Å². The third-order valence-electron chi connectivity index (χ3n) is 6.53. The van der Waals surface area contributed by atoms with Crippen LogP contribution in [0.5, 0.6) is 0 Å². The minimum atomic E-state index is -0.117. The Kier molecular flexibility index (Phi) is 6.18. The van der Waals surface area contributed by atoms with E-state index in [0.717, 1.165) is 22.4 Å². The van der Waals surface area contributed by atoms with Crippen molar-refractivity contribution in [2.24, 2.45) is 0 Å². The van der Waals surface area contributed by atoms with Gasteiger partial charge in [-0.05, 0) is 54.1 Å². The predicted octanol–water partition coefficient (Wildman–Crippen LogP) is 5.24. The Morgan fingerprint density at radius 1 is 0.821 bits per heavy atom. The van der Waals surface area contributed by atoms with Gasteiger partial charge in [0, 0.05) is 47.0 Å². The van der Waals surface area contributed by atoms with Crippen LogP contribution < -0.4 is 16.8 Å². The quantitative estimate of drug-likeness (QED) is 0.263. The molecule has 8 heteroatoms. The number of benzene rings is 3. The molecule has 6 rings (SSSR count). The second-order valence-corrected chi connectivity index (χ2v) is 9.08. The highest BCUT2D eigenvalue weighted by atomic mass is 16.1. The number of nitrogens with one attached hydrogen (secondary N) is 1. The van der Waals surface area contributed by atoms with Crippen LogP contribution in [0.4, 0.5) is 11.5 Å². The van der Waals surface area contributed by atoms with Crippen LogP contribution in [0.25, 0.3) is 39.4 Å². The van der Waals surface area contributed by atoms with Crippen molar-refractivity contribution >= 4 is 28.6 Å². The van der Waals surface area contributed by atoms with Crippen molar-refractivity contribution in [2.45, 2.75) is 6.54 Å². The highest BCUT2D eigenvalue weighted by Crippen LogP contribution is 2.33. The number of aromatic nitrogens is 4. The SMILES string of the molecule is Nc1ccccc1-c1cnc2c(c1)nc(-c1cccnc1N)n2-c1ccc(CNC(=O)c2ccccc2)cc1. The predicted molar refractivity (Wildman–Crippen MR) is 154 cm³/mol. The molecule has 39 heavy (non-hydrogen) atoms. The molecule has 0 spiro atoms. The van der Waals surface area contributed by atoms with Crippen LogP contribution in [0.2, 0.25) is 0 Å². The molecule has 0 unspecified atom stereocenters. The van der Waals surface area contributed by atoms with Crippen molar-refractivity contribution in [3.05, 3.63) is 121 Å². The number of nitrogen functional groups attached to an aromatic ring is 2. The lowest BCUT2D eigenvalue weighted by molar-refractivity contribution is 0.0951. The van der Waals surface area contributed by atoms with Crippen molar-refractivity contribution < 1.29 is 4.79 Å². The highest BCUT2D eigenvalue weighted by Gasteiger charge is 2.19. The van der Waals surface area contributed by atoms with E-state index in [4.69, 9.17) is 21.4 Å². The van der Waals surface area contributed by atoms with Crippen LogP contribution in [0.1, 0.15) is 15.9 Å². The van der Waals surface area contributed by atoms with Crippen LogP contribution in [-0.2, 0) is 6.54 Å². The summed E-state index contributed by atoms with van der Waals surface area (Å²) < 4.78 is 1.97. The second kappa shape index (κ2) is 10.1. The summed E-state index contributed by atoms with van der Waals surface area (Å²) in [5, 5.41) is 2.96. The summed E-state index contributed by atoms with van der Waals surface area (Å²) in [6.07, 6.45) is 3.45. The fraction of sp³-hybridized carbons (Fsp3) is 0.0323. The molecule has 1 amide bonds. The largest absolute Gasteiger partial charge is 0.398 e. The van der Waals surface area contributed by atoms with Gasteiger partial charge in [0.15, 0.2) is 11.5 Å². The monoisotopic (exact) mass is 511 g/mol. The van der Waals surface area contributed by atoms with Gasteiger partial charge in [-0.25, -0.2) is 15.0 Å². The Morgan fingerprint density at radius 3 is 2.33 bits per heavy atom. The summed E-state index contributed by atoms with van der Waals surface area (Å²) >= 11 is 0. The van der Waals surface area contributed by atoms with Gasteiger partial charge in [0.2, 0.25) is 0 Å². The molecule has 0 aliphatic heterocycles. The summed E-state index contributed by atoms with van der Waals surface area (Å²) in [5.41, 5.74) is 19.4. The topological polar surface area (TPSA) is 125 Å². The lowest BCUT2D eigenvalue weighted by Crippen LogP contribution is -2.22. The van der Waals surface area contributed by atoms with E-state index in [1.807, 2.05) is 89.5 Å². The zero-order valence-electron chi connectivity index (χ0n) is 21.0. The first kappa shape index (κ1) is 23.9. The molecule has 5 N–H and O–H groups in total. The highest BCUT2D eigenvalue weighted by molar-refractivity contribution is 5.94. The molecule has 0 atom stereocenters. The molecule has 0 bridgehead atoms. The molecule has 190 valence electrons. The van der Waals surface area contributed by atoms with E-state index >= 15 is 0 Å². The molecule has 0 fully saturated rings. The van der Waals surface area contributed by atoms with Gasteiger partial charge in [0.05, 0.1) is 5.56 Å². The Morgan fingerprint density at radius 2 is 1.56 bits per heavy atom. The maximum absolute atomic E-state index is 12.4. The molecular weight excluding hydrogens is 486 g/mol. The number of anilines is 2. The lowest BCUT2D eigenvalue weighted by Gasteiger charge is -2.12. The zero-order chi connectivity index (χ0) is 26.8. The van der Waals surface area contributed by atoms with Crippen molar-refractivity contribution in [3.8, 4) is 28.2 Å². The zero-order valence-corrected chi connectivity index (χ0v) is 21.0. The standard InChI is InChI=1S/C31H25N7O/c32-26-11-5-4-9-24(26)22-17-27-30(35-19-22)38(29(37-27)25-10-6-16-34-28(25)33)23-14-12-20(13-15-23)18-36-31(39)21-7-2-1-3-8-21/h1-17,19H,18,32H2,(H2,33,34)(H,36,39).